The molecule has 0 radical (unpaired) electrons. The lowest BCUT2D eigenvalue weighted by molar-refractivity contribution is -0.0379. The van der Waals surface area contributed by atoms with Crippen LogP contribution in [-0.2, 0) is 6.54 Å². The topological polar surface area (TPSA) is 54.2 Å². The zero-order valence-corrected chi connectivity index (χ0v) is 12.3. The number of aliphatic hydroxyl groups excluding tert-OH is 1. The van der Waals surface area contributed by atoms with Crippen molar-refractivity contribution in [2.24, 2.45) is 0 Å². The van der Waals surface area contributed by atoms with Gasteiger partial charge in [0.25, 0.3) is 0 Å². The molecule has 0 aromatic carbocycles. The van der Waals surface area contributed by atoms with Gasteiger partial charge < -0.3 is 10.0 Å². The Kier molecular flexibility index (Phi) is 4.58. The molecule has 2 rings (SSSR count). The molecule has 0 bridgehead atoms. The summed E-state index contributed by atoms with van der Waals surface area (Å²) in [6.45, 7) is 2.93. The molecule has 1 aliphatic carbocycles. The van der Waals surface area contributed by atoms with E-state index in [0.29, 0.717) is 0 Å². The van der Waals surface area contributed by atoms with Crippen LogP contribution >= 0.6 is 0 Å². The smallest absolute Gasteiger partial charge is 0.116 e. The standard InChI is InChI=1S/C14H26N4O/c1-4-10-18-12(11-15-16-18)13(19)14(17(2)3)8-6-5-7-9-14/h11,13,19H,4-10H2,1-3H3. The van der Waals surface area contributed by atoms with Gasteiger partial charge in [0.05, 0.1) is 17.4 Å². The lowest BCUT2D eigenvalue weighted by Gasteiger charge is -2.46. The Balaban J connectivity index is 2.28. The lowest BCUT2D eigenvalue weighted by Crippen LogP contribution is -2.51. The zero-order valence-electron chi connectivity index (χ0n) is 12.3. The van der Waals surface area contributed by atoms with Crippen molar-refractivity contribution in [2.45, 2.75) is 63.6 Å². The van der Waals surface area contributed by atoms with E-state index in [9.17, 15) is 5.11 Å². The molecule has 0 amide bonds. The fourth-order valence-corrected chi connectivity index (χ4v) is 3.27. The summed E-state index contributed by atoms with van der Waals surface area (Å²) in [5.41, 5.74) is 0.697. The van der Waals surface area contributed by atoms with E-state index in [0.717, 1.165) is 31.5 Å². The highest BCUT2D eigenvalue weighted by Crippen LogP contribution is 2.41. The molecule has 5 nitrogen and oxygen atoms in total. The van der Waals surface area contributed by atoms with Gasteiger partial charge >= 0.3 is 0 Å². The van der Waals surface area contributed by atoms with E-state index in [1.807, 2.05) is 4.68 Å². The molecule has 0 saturated heterocycles. The van der Waals surface area contributed by atoms with Gasteiger partial charge in [0.1, 0.15) is 6.10 Å². The number of nitrogens with zero attached hydrogens (tertiary/aromatic N) is 4. The largest absolute Gasteiger partial charge is 0.385 e. The second-order valence-corrected chi connectivity index (χ2v) is 5.84. The van der Waals surface area contributed by atoms with Crippen LogP contribution in [0.5, 0.6) is 0 Å². The van der Waals surface area contributed by atoms with Crippen LogP contribution < -0.4 is 0 Å². The maximum absolute atomic E-state index is 10.9. The molecule has 0 spiro atoms. The van der Waals surface area contributed by atoms with Crippen molar-refractivity contribution in [2.75, 3.05) is 14.1 Å². The first kappa shape index (κ1) is 14.5. The van der Waals surface area contributed by atoms with Crippen LogP contribution in [0.3, 0.4) is 0 Å². The van der Waals surface area contributed by atoms with Gasteiger partial charge in [-0.15, -0.1) is 5.10 Å². The summed E-state index contributed by atoms with van der Waals surface area (Å²) >= 11 is 0. The minimum absolute atomic E-state index is 0.161. The number of hydrogen-bond acceptors (Lipinski definition) is 4. The van der Waals surface area contributed by atoms with E-state index < -0.39 is 6.10 Å². The Morgan fingerprint density at radius 2 is 2.05 bits per heavy atom. The van der Waals surface area contributed by atoms with Crippen LogP contribution in [0, 0.1) is 0 Å². The summed E-state index contributed by atoms with van der Waals surface area (Å²) in [4.78, 5) is 2.19. The third-order valence-corrected chi connectivity index (χ3v) is 4.48. The summed E-state index contributed by atoms with van der Waals surface area (Å²) in [7, 11) is 4.14. The molecule has 1 heterocycles. The van der Waals surface area contributed by atoms with E-state index in [4.69, 9.17) is 0 Å². The molecule has 1 unspecified atom stereocenters. The summed E-state index contributed by atoms with van der Waals surface area (Å²) in [5, 5.41) is 19.0. The van der Waals surface area contributed by atoms with Crippen LogP contribution in [-0.4, -0.2) is 44.6 Å². The van der Waals surface area contributed by atoms with Crippen LogP contribution in [0.4, 0.5) is 0 Å². The van der Waals surface area contributed by atoms with E-state index in [-0.39, 0.29) is 5.54 Å². The van der Waals surface area contributed by atoms with Crippen LogP contribution in [0.2, 0.25) is 0 Å². The molecule has 1 aromatic heterocycles. The van der Waals surface area contributed by atoms with Crippen molar-refractivity contribution in [1.82, 2.24) is 19.9 Å². The predicted octanol–water partition coefficient (Wildman–Crippen LogP) is 1.99. The molecule has 1 saturated carbocycles. The van der Waals surface area contributed by atoms with Gasteiger partial charge in [0.15, 0.2) is 0 Å². The molecular weight excluding hydrogens is 240 g/mol. The minimum Gasteiger partial charge on any atom is -0.385 e. The Hall–Kier alpha value is -0.940. The van der Waals surface area contributed by atoms with Crippen LogP contribution in [0.1, 0.15) is 57.2 Å². The lowest BCUT2D eigenvalue weighted by atomic mass is 9.75. The number of aromatic nitrogens is 3. The quantitative estimate of drug-likeness (QED) is 0.885. The highest BCUT2D eigenvalue weighted by Gasteiger charge is 2.43. The highest BCUT2D eigenvalue weighted by molar-refractivity contribution is 5.10. The summed E-state index contributed by atoms with van der Waals surface area (Å²) in [6, 6.07) is 0. The predicted molar refractivity (Wildman–Crippen MR) is 74.8 cm³/mol. The Morgan fingerprint density at radius 1 is 1.37 bits per heavy atom. The van der Waals surface area contributed by atoms with E-state index in [1.54, 1.807) is 6.20 Å². The Bertz CT molecular complexity index is 396. The zero-order chi connectivity index (χ0) is 13.9. The van der Waals surface area contributed by atoms with Crippen molar-refractivity contribution in [3.63, 3.8) is 0 Å². The minimum atomic E-state index is -0.510. The normalized spacial score (nSPS) is 20.7. The number of rotatable bonds is 5. The van der Waals surface area contributed by atoms with Crippen molar-refractivity contribution in [3.8, 4) is 0 Å². The number of hydrogen-bond donors (Lipinski definition) is 1. The average molecular weight is 266 g/mol. The van der Waals surface area contributed by atoms with Crippen molar-refractivity contribution >= 4 is 0 Å². The monoisotopic (exact) mass is 266 g/mol. The second kappa shape index (κ2) is 6.01. The van der Waals surface area contributed by atoms with Crippen LogP contribution in [0.25, 0.3) is 0 Å². The van der Waals surface area contributed by atoms with E-state index in [1.165, 1.54) is 19.3 Å². The molecule has 1 aliphatic rings. The molecule has 5 heteroatoms. The summed E-state index contributed by atoms with van der Waals surface area (Å²) in [5.74, 6) is 0. The Morgan fingerprint density at radius 3 is 2.63 bits per heavy atom. The van der Waals surface area contributed by atoms with Gasteiger partial charge in [-0.3, -0.25) is 0 Å². The highest BCUT2D eigenvalue weighted by atomic mass is 16.3. The molecule has 1 fully saturated rings. The molecular formula is C14H26N4O. The number of aliphatic hydroxyl groups is 1. The van der Waals surface area contributed by atoms with Crippen molar-refractivity contribution < 1.29 is 5.11 Å². The van der Waals surface area contributed by atoms with Crippen molar-refractivity contribution in [1.29, 1.82) is 0 Å². The van der Waals surface area contributed by atoms with Crippen LogP contribution in [0.15, 0.2) is 6.20 Å². The van der Waals surface area contributed by atoms with Gasteiger partial charge in [0.2, 0.25) is 0 Å². The van der Waals surface area contributed by atoms with Gasteiger partial charge in [-0.05, 0) is 33.4 Å². The second-order valence-electron chi connectivity index (χ2n) is 5.84. The third kappa shape index (κ3) is 2.67. The summed E-state index contributed by atoms with van der Waals surface area (Å²) in [6.07, 6.45) is 7.93. The molecule has 1 N–H and O–H groups in total. The van der Waals surface area contributed by atoms with Gasteiger partial charge in [-0.25, -0.2) is 4.68 Å². The number of aryl methyl sites for hydroxylation is 1. The van der Waals surface area contributed by atoms with Crippen molar-refractivity contribution in [3.05, 3.63) is 11.9 Å². The fourth-order valence-electron chi connectivity index (χ4n) is 3.27. The maximum Gasteiger partial charge on any atom is 0.116 e. The number of likely N-dealkylation sites (N-methyl/N-ethyl adjacent to an activating group) is 1. The first-order valence-corrected chi connectivity index (χ1v) is 7.35. The van der Waals surface area contributed by atoms with Gasteiger partial charge in [-0.1, -0.05) is 31.4 Å². The van der Waals surface area contributed by atoms with E-state index >= 15 is 0 Å². The SMILES string of the molecule is CCCn1nncc1C(O)C1(N(C)C)CCCCC1. The molecule has 108 valence electrons. The average Bonchev–Trinajstić information content (AvgIpc) is 2.87. The third-order valence-electron chi connectivity index (χ3n) is 4.48. The maximum atomic E-state index is 10.9. The fraction of sp³-hybridized carbons (Fsp3) is 0.857. The molecule has 1 aromatic rings. The van der Waals surface area contributed by atoms with Gasteiger partial charge in [-0.2, -0.15) is 0 Å². The first-order chi connectivity index (χ1) is 9.12. The molecule has 0 aliphatic heterocycles. The van der Waals surface area contributed by atoms with E-state index in [2.05, 4.69) is 36.2 Å². The molecule has 19 heavy (non-hydrogen) atoms. The first-order valence-electron chi connectivity index (χ1n) is 7.35. The summed E-state index contributed by atoms with van der Waals surface area (Å²) < 4.78 is 1.85. The van der Waals surface area contributed by atoms with Gasteiger partial charge in [0, 0.05) is 6.54 Å². The Labute approximate surface area is 115 Å². The molecule has 1 atom stereocenters.